The molecular weight excluding hydrogens is 236 g/mol. The molecular formula is C11H12N4O3. The van der Waals surface area contributed by atoms with E-state index in [4.69, 9.17) is 4.74 Å². The molecule has 18 heavy (non-hydrogen) atoms. The average Bonchev–Trinajstić information content (AvgIpc) is 2.86. The first-order valence-electron chi connectivity index (χ1n) is 5.63. The van der Waals surface area contributed by atoms with Gasteiger partial charge in [-0.15, -0.1) is 0 Å². The molecule has 1 atom stereocenters. The first-order valence-corrected chi connectivity index (χ1v) is 5.63. The molecule has 7 heteroatoms. The number of morpholine rings is 1. The molecule has 0 saturated carbocycles. The fourth-order valence-corrected chi connectivity index (χ4v) is 2.13. The molecule has 94 valence electrons. The number of fused-ring (bicyclic) bond motifs is 1. The van der Waals surface area contributed by atoms with Crippen LogP contribution < -0.4 is 4.90 Å². The number of hydrogen-bond donors (Lipinski definition) is 1. The molecule has 0 bridgehead atoms. The van der Waals surface area contributed by atoms with Crippen molar-refractivity contribution in [1.29, 1.82) is 0 Å². The van der Waals surface area contributed by atoms with Crippen LogP contribution in [0.2, 0.25) is 0 Å². The summed E-state index contributed by atoms with van der Waals surface area (Å²) in [7, 11) is 0. The van der Waals surface area contributed by atoms with E-state index in [0.29, 0.717) is 19.0 Å². The van der Waals surface area contributed by atoms with Crippen LogP contribution in [0.5, 0.6) is 0 Å². The molecule has 0 aliphatic carbocycles. The first kappa shape index (κ1) is 11.0. The molecule has 1 aliphatic rings. The second-order valence-corrected chi connectivity index (χ2v) is 4.03. The SMILES string of the molecule is O=C(O)C1COCCN1c1nccn2nccc12. The second kappa shape index (κ2) is 4.26. The number of carbonyl (C=O) groups is 1. The van der Waals surface area contributed by atoms with Crippen molar-refractivity contribution in [3.63, 3.8) is 0 Å². The molecule has 3 rings (SSSR count). The minimum absolute atomic E-state index is 0.173. The molecule has 1 N–H and O–H groups in total. The van der Waals surface area contributed by atoms with Gasteiger partial charge in [0.25, 0.3) is 0 Å². The second-order valence-electron chi connectivity index (χ2n) is 4.03. The van der Waals surface area contributed by atoms with E-state index in [1.807, 2.05) is 6.07 Å². The van der Waals surface area contributed by atoms with Crippen LogP contribution in [0.1, 0.15) is 0 Å². The zero-order valence-corrected chi connectivity index (χ0v) is 9.56. The molecule has 2 aromatic rings. The molecule has 0 radical (unpaired) electrons. The van der Waals surface area contributed by atoms with Crippen LogP contribution in [0.3, 0.4) is 0 Å². The summed E-state index contributed by atoms with van der Waals surface area (Å²) in [5.74, 6) is -0.274. The molecule has 0 amide bonds. The largest absolute Gasteiger partial charge is 0.480 e. The number of nitrogens with zero attached hydrogens (tertiary/aromatic N) is 4. The van der Waals surface area contributed by atoms with Crippen LogP contribution in [-0.2, 0) is 9.53 Å². The van der Waals surface area contributed by atoms with Crippen LogP contribution in [-0.4, -0.2) is 51.5 Å². The normalized spacial score (nSPS) is 20.2. The topological polar surface area (TPSA) is 80.0 Å². The smallest absolute Gasteiger partial charge is 0.328 e. The van der Waals surface area contributed by atoms with Crippen molar-refractivity contribution < 1.29 is 14.6 Å². The summed E-state index contributed by atoms with van der Waals surface area (Å²) in [4.78, 5) is 17.3. The highest BCUT2D eigenvalue weighted by atomic mass is 16.5. The number of carboxylic acids is 1. The van der Waals surface area contributed by atoms with Gasteiger partial charge in [-0.3, -0.25) is 0 Å². The Morgan fingerprint density at radius 3 is 3.22 bits per heavy atom. The van der Waals surface area contributed by atoms with Gasteiger partial charge in [-0.1, -0.05) is 0 Å². The summed E-state index contributed by atoms with van der Waals surface area (Å²) in [6, 6.07) is 1.11. The molecule has 1 fully saturated rings. The number of carboxylic acid groups (broad SMARTS) is 1. The maximum atomic E-state index is 11.2. The Hall–Kier alpha value is -2.15. The monoisotopic (exact) mass is 248 g/mol. The lowest BCUT2D eigenvalue weighted by Gasteiger charge is -2.33. The van der Waals surface area contributed by atoms with Gasteiger partial charge in [-0.05, 0) is 6.07 Å². The number of rotatable bonds is 2. The quantitative estimate of drug-likeness (QED) is 0.807. The van der Waals surface area contributed by atoms with E-state index >= 15 is 0 Å². The van der Waals surface area contributed by atoms with Crippen LogP contribution >= 0.6 is 0 Å². The Kier molecular flexibility index (Phi) is 2.60. The molecule has 7 nitrogen and oxygen atoms in total. The van der Waals surface area contributed by atoms with E-state index in [2.05, 4.69) is 10.1 Å². The lowest BCUT2D eigenvalue weighted by molar-refractivity contribution is -0.141. The molecule has 1 saturated heterocycles. The highest BCUT2D eigenvalue weighted by molar-refractivity contribution is 5.81. The van der Waals surface area contributed by atoms with Gasteiger partial charge in [0.1, 0.15) is 5.52 Å². The van der Waals surface area contributed by atoms with E-state index in [1.165, 1.54) is 0 Å². The number of hydrogen-bond acceptors (Lipinski definition) is 5. The summed E-state index contributed by atoms with van der Waals surface area (Å²) in [6.45, 7) is 1.18. The highest BCUT2D eigenvalue weighted by Crippen LogP contribution is 2.22. The Balaban J connectivity index is 2.06. The van der Waals surface area contributed by atoms with E-state index in [1.54, 1.807) is 28.0 Å². The van der Waals surface area contributed by atoms with Gasteiger partial charge < -0.3 is 14.7 Å². The van der Waals surface area contributed by atoms with E-state index in [-0.39, 0.29) is 6.61 Å². The van der Waals surface area contributed by atoms with E-state index < -0.39 is 12.0 Å². The molecule has 0 aromatic carbocycles. The van der Waals surface area contributed by atoms with Crippen molar-refractivity contribution in [3.8, 4) is 0 Å². The van der Waals surface area contributed by atoms with Crippen molar-refractivity contribution in [3.05, 3.63) is 24.7 Å². The summed E-state index contributed by atoms with van der Waals surface area (Å²) < 4.78 is 6.89. The molecule has 0 spiro atoms. The number of ether oxygens (including phenoxy) is 1. The van der Waals surface area contributed by atoms with Crippen molar-refractivity contribution in [1.82, 2.24) is 14.6 Å². The third-order valence-corrected chi connectivity index (χ3v) is 2.99. The molecule has 3 heterocycles. The lowest BCUT2D eigenvalue weighted by Crippen LogP contribution is -2.50. The van der Waals surface area contributed by atoms with Gasteiger partial charge in [0, 0.05) is 18.9 Å². The van der Waals surface area contributed by atoms with Gasteiger partial charge in [0.05, 0.1) is 19.4 Å². The zero-order chi connectivity index (χ0) is 12.5. The average molecular weight is 248 g/mol. The van der Waals surface area contributed by atoms with Crippen LogP contribution in [0.4, 0.5) is 5.82 Å². The summed E-state index contributed by atoms with van der Waals surface area (Å²) in [5.41, 5.74) is 0.797. The van der Waals surface area contributed by atoms with Crippen molar-refractivity contribution in [2.75, 3.05) is 24.7 Å². The Bertz CT molecular complexity index is 582. The summed E-state index contributed by atoms with van der Waals surface area (Å²) in [6.07, 6.45) is 5.01. The minimum Gasteiger partial charge on any atom is -0.480 e. The number of anilines is 1. The third kappa shape index (κ3) is 1.68. The van der Waals surface area contributed by atoms with Gasteiger partial charge in [0.2, 0.25) is 0 Å². The van der Waals surface area contributed by atoms with E-state index in [0.717, 1.165) is 5.52 Å². The Morgan fingerprint density at radius 1 is 1.50 bits per heavy atom. The summed E-state index contributed by atoms with van der Waals surface area (Å²) in [5, 5.41) is 13.3. The van der Waals surface area contributed by atoms with Crippen LogP contribution in [0.15, 0.2) is 24.7 Å². The van der Waals surface area contributed by atoms with Crippen molar-refractivity contribution >= 4 is 17.3 Å². The number of aliphatic carboxylic acids is 1. The van der Waals surface area contributed by atoms with Crippen molar-refractivity contribution in [2.45, 2.75) is 6.04 Å². The van der Waals surface area contributed by atoms with E-state index in [9.17, 15) is 9.90 Å². The maximum absolute atomic E-state index is 11.2. The van der Waals surface area contributed by atoms with Gasteiger partial charge in [-0.2, -0.15) is 5.10 Å². The number of aromatic nitrogens is 3. The Morgan fingerprint density at radius 2 is 2.39 bits per heavy atom. The predicted molar refractivity (Wildman–Crippen MR) is 62.6 cm³/mol. The molecule has 1 aliphatic heterocycles. The van der Waals surface area contributed by atoms with Gasteiger partial charge >= 0.3 is 5.97 Å². The predicted octanol–water partition coefficient (Wildman–Crippen LogP) is 0.0191. The Labute approximate surface area is 103 Å². The summed E-state index contributed by atoms with van der Waals surface area (Å²) >= 11 is 0. The first-order chi connectivity index (χ1) is 8.77. The third-order valence-electron chi connectivity index (χ3n) is 2.99. The maximum Gasteiger partial charge on any atom is 0.328 e. The molecule has 1 unspecified atom stereocenters. The van der Waals surface area contributed by atoms with Gasteiger partial charge in [-0.25, -0.2) is 14.3 Å². The lowest BCUT2D eigenvalue weighted by atomic mass is 10.2. The fourth-order valence-electron chi connectivity index (χ4n) is 2.13. The zero-order valence-electron chi connectivity index (χ0n) is 9.56. The fraction of sp³-hybridized carbons (Fsp3) is 0.364. The van der Waals surface area contributed by atoms with Crippen LogP contribution in [0.25, 0.3) is 5.52 Å². The molecule has 2 aromatic heterocycles. The van der Waals surface area contributed by atoms with Crippen LogP contribution in [0, 0.1) is 0 Å². The van der Waals surface area contributed by atoms with Crippen molar-refractivity contribution in [2.24, 2.45) is 0 Å². The highest BCUT2D eigenvalue weighted by Gasteiger charge is 2.31. The minimum atomic E-state index is -0.905. The standard InChI is InChI=1S/C11H12N4O3/c16-11(17)9-7-18-6-5-14(9)10-8-1-2-13-15(8)4-3-12-10/h1-4,9H,5-7H2,(H,16,17). The van der Waals surface area contributed by atoms with Gasteiger partial charge in [0.15, 0.2) is 11.9 Å².